The number of hydrogen-bond donors (Lipinski definition) is 1. The summed E-state index contributed by atoms with van der Waals surface area (Å²) in [4.78, 5) is 1.01. The Morgan fingerprint density at radius 1 is 1.19 bits per heavy atom. The molecular weight excluding hydrogens is 238 g/mol. The van der Waals surface area contributed by atoms with Crippen LogP contribution in [0.1, 0.15) is 22.9 Å². The predicted molar refractivity (Wildman–Crippen MR) is 71.1 cm³/mol. The Morgan fingerprint density at radius 2 is 1.81 bits per heavy atom. The molecule has 16 heavy (non-hydrogen) atoms. The highest BCUT2D eigenvalue weighted by atomic mass is 35.5. The van der Waals surface area contributed by atoms with Crippen LogP contribution in [-0.2, 0) is 5.54 Å². The molecule has 2 rings (SSSR count). The minimum atomic E-state index is -0.515. The van der Waals surface area contributed by atoms with Crippen molar-refractivity contribution in [3.8, 4) is 0 Å². The second-order valence-electron chi connectivity index (χ2n) is 4.17. The molecule has 0 bridgehead atoms. The van der Waals surface area contributed by atoms with Crippen molar-refractivity contribution in [2.24, 2.45) is 5.73 Å². The lowest BCUT2D eigenvalue weighted by molar-refractivity contribution is 0.617. The molecule has 1 heterocycles. The molecule has 0 saturated carbocycles. The number of nitrogens with two attached hydrogens (primary N) is 1. The molecule has 0 spiro atoms. The molecule has 0 saturated heterocycles. The Kier molecular flexibility index (Phi) is 3.06. The fraction of sp³-hybridized carbons (Fsp3) is 0.231. The molecule has 0 fully saturated rings. The monoisotopic (exact) mass is 251 g/mol. The van der Waals surface area contributed by atoms with Crippen molar-refractivity contribution >= 4 is 22.9 Å². The van der Waals surface area contributed by atoms with Gasteiger partial charge in [0.05, 0.1) is 10.6 Å². The number of benzene rings is 1. The molecule has 2 N–H and O–H groups in total. The molecule has 0 amide bonds. The quantitative estimate of drug-likeness (QED) is 0.860. The van der Waals surface area contributed by atoms with Crippen molar-refractivity contribution in [1.82, 2.24) is 0 Å². The Hall–Kier alpha value is -0.830. The van der Waals surface area contributed by atoms with E-state index in [1.54, 1.807) is 11.3 Å². The third-order valence-electron chi connectivity index (χ3n) is 2.74. The van der Waals surface area contributed by atoms with Gasteiger partial charge in [0.2, 0.25) is 0 Å². The normalized spacial score (nSPS) is 14.8. The summed E-state index contributed by atoms with van der Waals surface area (Å²) in [6.07, 6.45) is 0. The van der Waals surface area contributed by atoms with Gasteiger partial charge >= 0.3 is 0 Å². The Balaban J connectivity index is 2.46. The first-order chi connectivity index (χ1) is 7.51. The smallest absolute Gasteiger partial charge is 0.0745 e. The number of halogens is 1. The summed E-state index contributed by atoms with van der Waals surface area (Å²) in [5, 5.41) is 2.72. The molecule has 0 aliphatic carbocycles. The third kappa shape index (κ3) is 2.01. The van der Waals surface area contributed by atoms with E-state index in [0.29, 0.717) is 0 Å². The predicted octanol–water partition coefficient (Wildman–Crippen LogP) is 3.93. The average Bonchev–Trinajstić information content (AvgIpc) is 2.66. The lowest BCUT2D eigenvalue weighted by atomic mass is 9.91. The lowest BCUT2D eigenvalue weighted by Crippen LogP contribution is -2.33. The molecule has 0 radical (unpaired) electrons. The van der Waals surface area contributed by atoms with E-state index in [-0.39, 0.29) is 0 Å². The van der Waals surface area contributed by atoms with Crippen LogP contribution in [0.2, 0.25) is 5.02 Å². The van der Waals surface area contributed by atoms with Gasteiger partial charge in [-0.3, -0.25) is 0 Å². The second-order valence-corrected chi connectivity index (χ2v) is 5.49. The van der Waals surface area contributed by atoms with Crippen LogP contribution in [0.3, 0.4) is 0 Å². The van der Waals surface area contributed by atoms with Crippen LogP contribution in [0.25, 0.3) is 0 Å². The molecule has 3 heteroatoms. The molecule has 0 aliphatic rings. The van der Waals surface area contributed by atoms with Crippen LogP contribution in [0, 0.1) is 6.92 Å². The minimum Gasteiger partial charge on any atom is -0.317 e. The molecule has 1 aromatic carbocycles. The van der Waals surface area contributed by atoms with Gasteiger partial charge < -0.3 is 5.73 Å². The number of aryl methyl sites for hydroxylation is 1. The zero-order chi connectivity index (χ0) is 11.8. The topological polar surface area (TPSA) is 26.0 Å². The van der Waals surface area contributed by atoms with Gasteiger partial charge in [0, 0.05) is 4.88 Å². The first-order valence-electron chi connectivity index (χ1n) is 5.11. The van der Waals surface area contributed by atoms with E-state index in [1.165, 1.54) is 5.56 Å². The van der Waals surface area contributed by atoms with Crippen molar-refractivity contribution in [3.63, 3.8) is 0 Å². The van der Waals surface area contributed by atoms with Gasteiger partial charge in [-0.1, -0.05) is 41.4 Å². The van der Waals surface area contributed by atoms with Gasteiger partial charge in [0.25, 0.3) is 0 Å². The first kappa shape index (κ1) is 11.6. The van der Waals surface area contributed by atoms with Gasteiger partial charge in [-0.05, 0) is 30.9 Å². The zero-order valence-corrected chi connectivity index (χ0v) is 10.9. The van der Waals surface area contributed by atoms with Crippen LogP contribution in [-0.4, -0.2) is 0 Å². The number of thiophene rings is 1. The first-order valence-corrected chi connectivity index (χ1v) is 6.37. The van der Waals surface area contributed by atoms with Crippen molar-refractivity contribution in [1.29, 1.82) is 0 Å². The van der Waals surface area contributed by atoms with Gasteiger partial charge in [-0.15, -0.1) is 11.3 Å². The summed E-state index contributed by atoms with van der Waals surface area (Å²) in [6.45, 7) is 4.06. The highest BCUT2D eigenvalue weighted by Gasteiger charge is 2.27. The van der Waals surface area contributed by atoms with Gasteiger partial charge in [-0.25, -0.2) is 0 Å². The molecule has 1 nitrogen and oxygen atoms in total. The Labute approximate surface area is 105 Å². The molecular formula is C13H14ClNS. The fourth-order valence-electron chi connectivity index (χ4n) is 1.70. The van der Waals surface area contributed by atoms with E-state index >= 15 is 0 Å². The summed E-state index contributed by atoms with van der Waals surface area (Å²) in [7, 11) is 0. The molecule has 84 valence electrons. The van der Waals surface area contributed by atoms with Crippen LogP contribution in [0.5, 0.6) is 0 Å². The van der Waals surface area contributed by atoms with E-state index in [1.807, 2.05) is 18.4 Å². The lowest BCUT2D eigenvalue weighted by Gasteiger charge is -2.24. The number of rotatable bonds is 2. The maximum absolute atomic E-state index is 6.38. The highest BCUT2D eigenvalue weighted by molar-refractivity contribution is 7.10. The van der Waals surface area contributed by atoms with E-state index in [9.17, 15) is 0 Å². The van der Waals surface area contributed by atoms with E-state index < -0.39 is 5.54 Å². The van der Waals surface area contributed by atoms with E-state index in [2.05, 4.69) is 31.2 Å². The molecule has 2 aromatic rings. The van der Waals surface area contributed by atoms with Crippen molar-refractivity contribution in [3.05, 3.63) is 56.7 Å². The Morgan fingerprint density at radius 3 is 2.31 bits per heavy atom. The van der Waals surface area contributed by atoms with E-state index in [4.69, 9.17) is 17.3 Å². The maximum Gasteiger partial charge on any atom is 0.0745 e. The summed E-state index contributed by atoms with van der Waals surface area (Å²) < 4.78 is 0. The van der Waals surface area contributed by atoms with Crippen LogP contribution < -0.4 is 5.73 Å². The summed E-state index contributed by atoms with van der Waals surface area (Å²) in [6, 6.07) is 10.2. The van der Waals surface area contributed by atoms with Gasteiger partial charge in [0.1, 0.15) is 0 Å². The van der Waals surface area contributed by atoms with Crippen LogP contribution in [0.15, 0.2) is 35.7 Å². The van der Waals surface area contributed by atoms with Crippen LogP contribution in [0.4, 0.5) is 0 Å². The average molecular weight is 252 g/mol. The van der Waals surface area contributed by atoms with Crippen molar-refractivity contribution < 1.29 is 0 Å². The maximum atomic E-state index is 6.38. The highest BCUT2D eigenvalue weighted by Crippen LogP contribution is 2.35. The van der Waals surface area contributed by atoms with E-state index in [0.717, 1.165) is 15.5 Å². The largest absolute Gasteiger partial charge is 0.317 e. The fourth-order valence-corrected chi connectivity index (χ4v) is 3.05. The standard InChI is InChI=1S/C13H14ClNS/c1-9-3-5-10(6-4-9)13(2,15)12-11(14)7-8-16-12/h3-8H,15H2,1-2H3. The number of hydrogen-bond acceptors (Lipinski definition) is 2. The van der Waals surface area contributed by atoms with Crippen molar-refractivity contribution in [2.75, 3.05) is 0 Å². The summed E-state index contributed by atoms with van der Waals surface area (Å²) >= 11 is 7.73. The summed E-state index contributed by atoms with van der Waals surface area (Å²) in [5.74, 6) is 0. The molecule has 0 aliphatic heterocycles. The van der Waals surface area contributed by atoms with Gasteiger partial charge in [0.15, 0.2) is 0 Å². The SMILES string of the molecule is Cc1ccc(C(C)(N)c2sccc2Cl)cc1. The van der Waals surface area contributed by atoms with Crippen LogP contribution >= 0.6 is 22.9 Å². The molecule has 1 atom stereocenters. The summed E-state index contributed by atoms with van der Waals surface area (Å²) in [5.41, 5.74) is 8.18. The van der Waals surface area contributed by atoms with Crippen molar-refractivity contribution in [2.45, 2.75) is 19.4 Å². The minimum absolute atomic E-state index is 0.515. The zero-order valence-electron chi connectivity index (χ0n) is 9.33. The Bertz CT molecular complexity index is 485. The van der Waals surface area contributed by atoms with Gasteiger partial charge in [-0.2, -0.15) is 0 Å². The third-order valence-corrected chi connectivity index (χ3v) is 4.32. The second kappa shape index (κ2) is 4.21. The molecule has 1 aromatic heterocycles. The molecule has 1 unspecified atom stereocenters.